The second-order valence-electron chi connectivity index (χ2n) is 7.60. The van der Waals surface area contributed by atoms with Crippen LogP contribution in [0.15, 0.2) is 10.7 Å². The van der Waals surface area contributed by atoms with Gasteiger partial charge in [-0.2, -0.15) is 0 Å². The van der Waals surface area contributed by atoms with Crippen LogP contribution in [0.2, 0.25) is 0 Å². The van der Waals surface area contributed by atoms with Crippen molar-refractivity contribution >= 4 is 11.8 Å². The molecular weight excluding hydrogens is 358 g/mol. The summed E-state index contributed by atoms with van der Waals surface area (Å²) in [5.74, 6) is 1.27. The lowest BCUT2D eigenvalue weighted by Gasteiger charge is -2.35. The fourth-order valence-corrected chi connectivity index (χ4v) is 4.19. The third-order valence-corrected chi connectivity index (χ3v) is 5.69. The fourth-order valence-electron chi connectivity index (χ4n) is 4.19. The number of aryl methyl sites for hydroxylation is 2. The number of piperidine rings is 1. The summed E-state index contributed by atoms with van der Waals surface area (Å²) in [6.07, 6.45) is 5.49. The minimum Gasteiger partial charge on any atom is -0.361 e. The summed E-state index contributed by atoms with van der Waals surface area (Å²) in [5.41, 5.74) is 3.09. The Kier molecular flexibility index (Phi) is 4.87. The van der Waals surface area contributed by atoms with E-state index in [9.17, 15) is 9.59 Å². The molecule has 0 N–H and O–H groups in total. The molecule has 0 aliphatic carbocycles. The van der Waals surface area contributed by atoms with E-state index in [1.54, 1.807) is 25.7 Å². The van der Waals surface area contributed by atoms with Gasteiger partial charge in [-0.1, -0.05) is 5.16 Å². The van der Waals surface area contributed by atoms with Crippen molar-refractivity contribution in [1.29, 1.82) is 0 Å². The van der Waals surface area contributed by atoms with Crippen molar-refractivity contribution in [3.8, 4) is 0 Å². The minimum atomic E-state index is -0.0685. The van der Waals surface area contributed by atoms with Crippen molar-refractivity contribution in [3.05, 3.63) is 40.3 Å². The van der Waals surface area contributed by atoms with Gasteiger partial charge >= 0.3 is 0 Å². The number of rotatable bonds is 2. The van der Waals surface area contributed by atoms with Gasteiger partial charge < -0.3 is 14.3 Å². The van der Waals surface area contributed by atoms with Gasteiger partial charge in [0.25, 0.3) is 5.91 Å². The van der Waals surface area contributed by atoms with Crippen LogP contribution in [0.25, 0.3) is 0 Å². The van der Waals surface area contributed by atoms with Crippen LogP contribution in [0, 0.1) is 13.8 Å². The molecule has 1 unspecified atom stereocenters. The highest BCUT2D eigenvalue weighted by atomic mass is 16.5. The lowest BCUT2D eigenvalue weighted by molar-refractivity contribution is -0.132. The van der Waals surface area contributed by atoms with E-state index < -0.39 is 0 Å². The standard InChI is InChI=1S/C20H25N5O3/c1-12-18(13(2)28-23-12)20(27)24-9-7-16-15(11-24)10-21-19(22-16)17-6-4-5-8-25(17)14(3)26/h10,17H,4-9,11H2,1-3H3. The zero-order chi connectivity index (χ0) is 19.8. The molecule has 0 radical (unpaired) electrons. The second kappa shape index (κ2) is 7.33. The SMILES string of the molecule is CC(=O)N1CCCCC1c1ncc2c(n1)CCN(C(=O)c1c(C)noc1C)C2. The zero-order valence-corrected chi connectivity index (χ0v) is 16.6. The Morgan fingerprint density at radius 3 is 2.75 bits per heavy atom. The number of nitrogens with zero attached hydrogens (tertiary/aromatic N) is 5. The van der Waals surface area contributed by atoms with E-state index in [1.807, 2.05) is 11.1 Å². The van der Waals surface area contributed by atoms with Crippen molar-refractivity contribution in [1.82, 2.24) is 24.9 Å². The van der Waals surface area contributed by atoms with Crippen LogP contribution < -0.4 is 0 Å². The maximum absolute atomic E-state index is 12.9. The zero-order valence-electron chi connectivity index (χ0n) is 16.6. The third kappa shape index (κ3) is 3.27. The van der Waals surface area contributed by atoms with E-state index in [-0.39, 0.29) is 17.9 Å². The molecule has 0 aromatic carbocycles. The molecule has 0 bridgehead atoms. The normalized spacial score (nSPS) is 19.5. The van der Waals surface area contributed by atoms with Gasteiger partial charge in [0.2, 0.25) is 5.91 Å². The molecule has 2 amide bonds. The van der Waals surface area contributed by atoms with Gasteiger partial charge in [-0.3, -0.25) is 9.59 Å². The molecule has 8 heteroatoms. The summed E-state index contributed by atoms with van der Waals surface area (Å²) in [6, 6.07) is -0.0430. The summed E-state index contributed by atoms with van der Waals surface area (Å²) in [7, 11) is 0. The molecule has 1 saturated heterocycles. The Bertz CT molecular complexity index is 903. The van der Waals surface area contributed by atoms with Gasteiger partial charge in [-0.15, -0.1) is 0 Å². The molecule has 4 rings (SSSR count). The number of likely N-dealkylation sites (tertiary alicyclic amines) is 1. The minimum absolute atomic E-state index is 0.0430. The molecule has 2 aromatic rings. The van der Waals surface area contributed by atoms with Crippen molar-refractivity contribution in [3.63, 3.8) is 0 Å². The number of hydrogen-bond donors (Lipinski definition) is 0. The van der Waals surface area contributed by atoms with E-state index in [1.165, 1.54) is 0 Å². The topological polar surface area (TPSA) is 92.4 Å². The predicted octanol–water partition coefficient (Wildman–Crippen LogP) is 2.35. The van der Waals surface area contributed by atoms with Gasteiger partial charge in [0.15, 0.2) is 5.82 Å². The maximum Gasteiger partial charge on any atom is 0.259 e. The number of carbonyl (C=O) groups is 2. The number of fused-ring (bicyclic) bond motifs is 1. The average Bonchev–Trinajstić information content (AvgIpc) is 3.04. The number of aromatic nitrogens is 3. The Morgan fingerprint density at radius 2 is 2.04 bits per heavy atom. The summed E-state index contributed by atoms with van der Waals surface area (Å²) in [4.78, 5) is 37.9. The lowest BCUT2D eigenvalue weighted by atomic mass is 10.00. The van der Waals surface area contributed by atoms with Crippen LogP contribution in [0.1, 0.15) is 71.1 Å². The van der Waals surface area contributed by atoms with Crippen LogP contribution in [0.3, 0.4) is 0 Å². The van der Waals surface area contributed by atoms with Crippen molar-refractivity contribution in [2.75, 3.05) is 13.1 Å². The summed E-state index contributed by atoms with van der Waals surface area (Å²) >= 11 is 0. The first kappa shape index (κ1) is 18.6. The molecule has 2 aliphatic heterocycles. The first-order valence-corrected chi connectivity index (χ1v) is 9.79. The van der Waals surface area contributed by atoms with E-state index >= 15 is 0 Å². The van der Waals surface area contributed by atoms with Crippen LogP contribution in [0.4, 0.5) is 0 Å². The Morgan fingerprint density at radius 1 is 1.21 bits per heavy atom. The van der Waals surface area contributed by atoms with Crippen LogP contribution in [-0.2, 0) is 17.8 Å². The average molecular weight is 383 g/mol. The van der Waals surface area contributed by atoms with Crippen LogP contribution in [-0.4, -0.2) is 49.8 Å². The van der Waals surface area contributed by atoms with Gasteiger partial charge in [-0.25, -0.2) is 9.97 Å². The highest BCUT2D eigenvalue weighted by Gasteiger charge is 2.31. The van der Waals surface area contributed by atoms with E-state index in [0.29, 0.717) is 36.5 Å². The Labute approximate surface area is 163 Å². The fraction of sp³-hybridized carbons (Fsp3) is 0.550. The molecule has 1 atom stereocenters. The monoisotopic (exact) mass is 383 g/mol. The van der Waals surface area contributed by atoms with Crippen LogP contribution >= 0.6 is 0 Å². The number of amides is 2. The molecule has 28 heavy (non-hydrogen) atoms. The van der Waals surface area contributed by atoms with Crippen molar-refractivity contribution in [2.45, 2.75) is 59.0 Å². The molecule has 1 fully saturated rings. The molecular formula is C20H25N5O3. The van der Waals surface area contributed by atoms with Crippen molar-refractivity contribution in [2.24, 2.45) is 0 Å². The maximum atomic E-state index is 12.9. The quantitative estimate of drug-likeness (QED) is 0.790. The first-order chi connectivity index (χ1) is 13.5. The third-order valence-electron chi connectivity index (χ3n) is 5.69. The predicted molar refractivity (Wildman–Crippen MR) is 100 cm³/mol. The smallest absolute Gasteiger partial charge is 0.259 e. The Balaban J connectivity index is 1.55. The van der Waals surface area contributed by atoms with E-state index in [4.69, 9.17) is 9.51 Å². The lowest BCUT2D eigenvalue weighted by Crippen LogP contribution is -2.39. The summed E-state index contributed by atoms with van der Waals surface area (Å²) in [6.45, 7) is 6.97. The van der Waals surface area contributed by atoms with Gasteiger partial charge in [0.05, 0.1) is 17.4 Å². The van der Waals surface area contributed by atoms with E-state index in [2.05, 4.69) is 10.1 Å². The molecule has 148 valence electrons. The van der Waals surface area contributed by atoms with Crippen LogP contribution in [0.5, 0.6) is 0 Å². The van der Waals surface area contributed by atoms with E-state index in [0.717, 1.165) is 42.9 Å². The molecule has 0 saturated carbocycles. The summed E-state index contributed by atoms with van der Waals surface area (Å²) < 4.78 is 5.13. The van der Waals surface area contributed by atoms with Gasteiger partial charge in [0, 0.05) is 44.7 Å². The molecule has 4 heterocycles. The molecule has 2 aliphatic rings. The van der Waals surface area contributed by atoms with Gasteiger partial charge in [-0.05, 0) is 33.1 Å². The summed E-state index contributed by atoms with van der Waals surface area (Å²) in [5, 5.41) is 3.88. The van der Waals surface area contributed by atoms with Gasteiger partial charge in [0.1, 0.15) is 11.3 Å². The molecule has 0 spiro atoms. The number of carbonyl (C=O) groups excluding carboxylic acids is 2. The molecule has 2 aromatic heterocycles. The van der Waals surface area contributed by atoms with Crippen molar-refractivity contribution < 1.29 is 14.1 Å². The highest BCUT2D eigenvalue weighted by molar-refractivity contribution is 5.96. The Hall–Kier alpha value is -2.77. The highest BCUT2D eigenvalue weighted by Crippen LogP contribution is 2.30. The second-order valence-corrected chi connectivity index (χ2v) is 7.60. The largest absolute Gasteiger partial charge is 0.361 e. The number of hydrogen-bond acceptors (Lipinski definition) is 6. The molecule has 8 nitrogen and oxygen atoms in total. The first-order valence-electron chi connectivity index (χ1n) is 9.79.